The maximum Gasteiger partial charge on any atom is 0.307 e. The second kappa shape index (κ2) is 10.5. The van der Waals surface area contributed by atoms with E-state index >= 15 is 0 Å². The third kappa shape index (κ3) is 5.79. The van der Waals surface area contributed by atoms with Crippen LogP contribution in [0.5, 0.6) is 11.5 Å². The van der Waals surface area contributed by atoms with Crippen molar-refractivity contribution < 1.29 is 18.7 Å². The third-order valence-corrected chi connectivity index (χ3v) is 5.87. The maximum absolute atomic E-state index is 12.4. The minimum absolute atomic E-state index is 0.124. The zero-order valence-corrected chi connectivity index (χ0v) is 20.9. The van der Waals surface area contributed by atoms with Crippen molar-refractivity contribution in [1.29, 1.82) is 0 Å². The lowest BCUT2D eigenvalue weighted by molar-refractivity contribution is 0.0929. The molecule has 1 amide bonds. The fourth-order valence-corrected chi connectivity index (χ4v) is 3.85. The van der Waals surface area contributed by atoms with Gasteiger partial charge in [0.1, 0.15) is 12.2 Å². The number of carbonyl (C=O) groups excluding carboxylic acids is 1. The first-order valence-electron chi connectivity index (χ1n) is 9.70. The van der Waals surface area contributed by atoms with E-state index in [2.05, 4.69) is 33.1 Å². The molecule has 33 heavy (non-hydrogen) atoms. The van der Waals surface area contributed by atoms with Crippen LogP contribution in [-0.4, -0.2) is 19.2 Å². The Morgan fingerprint density at radius 2 is 1.91 bits per heavy atom. The smallest absolute Gasteiger partial charge is 0.307 e. The number of ether oxygens (including phenoxy) is 2. The molecule has 0 atom stereocenters. The number of amides is 1. The summed E-state index contributed by atoms with van der Waals surface area (Å²) in [5, 5.41) is 5.64. The zero-order valence-electron chi connectivity index (χ0n) is 17.3. The summed E-state index contributed by atoms with van der Waals surface area (Å²) in [6.07, 6.45) is 1.45. The van der Waals surface area contributed by atoms with Gasteiger partial charge in [-0.15, -0.1) is 0 Å². The Morgan fingerprint density at radius 3 is 2.67 bits per heavy atom. The van der Waals surface area contributed by atoms with Crippen molar-refractivity contribution in [1.82, 2.24) is 5.43 Å². The van der Waals surface area contributed by atoms with Crippen molar-refractivity contribution in [3.63, 3.8) is 0 Å². The summed E-state index contributed by atoms with van der Waals surface area (Å²) in [4.78, 5) is 12.4. The molecular formula is C24H17Cl2IN2O4. The summed E-state index contributed by atoms with van der Waals surface area (Å²) in [6, 6.07) is 18.1. The van der Waals surface area contributed by atoms with E-state index in [0.717, 1.165) is 14.5 Å². The predicted molar refractivity (Wildman–Crippen MR) is 138 cm³/mol. The number of nitrogens with one attached hydrogen (secondary N) is 1. The summed E-state index contributed by atoms with van der Waals surface area (Å²) < 4.78 is 18.0. The fraction of sp³-hybridized carbons (Fsp3) is 0.0833. The van der Waals surface area contributed by atoms with Gasteiger partial charge < -0.3 is 13.9 Å². The molecule has 9 heteroatoms. The maximum atomic E-state index is 12.4. The quantitative estimate of drug-likeness (QED) is 0.147. The van der Waals surface area contributed by atoms with E-state index < -0.39 is 5.91 Å². The molecule has 0 aliphatic heterocycles. The van der Waals surface area contributed by atoms with Crippen LogP contribution in [0.2, 0.25) is 10.0 Å². The third-order valence-electron chi connectivity index (χ3n) is 4.63. The van der Waals surface area contributed by atoms with Crippen LogP contribution in [0.3, 0.4) is 0 Å². The van der Waals surface area contributed by atoms with Crippen LogP contribution in [-0.2, 0) is 6.61 Å². The van der Waals surface area contributed by atoms with E-state index in [1.54, 1.807) is 36.4 Å². The van der Waals surface area contributed by atoms with Gasteiger partial charge in [-0.3, -0.25) is 4.79 Å². The Hall–Kier alpha value is -2.75. The number of hydrogen-bond acceptors (Lipinski definition) is 5. The molecule has 3 aromatic carbocycles. The van der Waals surface area contributed by atoms with Gasteiger partial charge in [-0.1, -0.05) is 35.3 Å². The highest BCUT2D eigenvalue weighted by atomic mass is 127. The van der Waals surface area contributed by atoms with E-state index in [-0.39, 0.29) is 5.76 Å². The first-order valence-corrected chi connectivity index (χ1v) is 11.5. The largest absolute Gasteiger partial charge is 0.493 e. The first-order chi connectivity index (χ1) is 15.9. The molecule has 0 fully saturated rings. The average Bonchev–Trinajstić information content (AvgIpc) is 3.22. The molecule has 0 aliphatic rings. The second-order valence-electron chi connectivity index (χ2n) is 6.94. The van der Waals surface area contributed by atoms with Gasteiger partial charge in [-0.25, -0.2) is 5.43 Å². The summed E-state index contributed by atoms with van der Waals surface area (Å²) in [6.45, 7) is 0.346. The number of methoxy groups -OCH3 is 1. The van der Waals surface area contributed by atoms with Crippen LogP contribution in [0, 0.1) is 3.57 Å². The van der Waals surface area contributed by atoms with E-state index in [1.807, 2.05) is 24.3 Å². The number of nitrogens with zero attached hydrogens (tertiary/aromatic N) is 1. The van der Waals surface area contributed by atoms with Crippen molar-refractivity contribution in [3.8, 4) is 11.5 Å². The molecule has 0 bridgehead atoms. The van der Waals surface area contributed by atoms with Crippen LogP contribution in [0.1, 0.15) is 21.7 Å². The van der Waals surface area contributed by atoms with Gasteiger partial charge in [-0.2, -0.15) is 5.10 Å². The second-order valence-corrected chi connectivity index (χ2v) is 9.03. The molecule has 4 aromatic rings. The first kappa shape index (κ1) is 23.4. The van der Waals surface area contributed by atoms with Crippen molar-refractivity contribution >= 4 is 68.9 Å². The number of benzene rings is 3. The highest BCUT2D eigenvalue weighted by Gasteiger charge is 2.14. The number of hydrogen-bond donors (Lipinski definition) is 1. The summed E-state index contributed by atoms with van der Waals surface area (Å²) in [5.41, 5.74) is 4.62. The minimum Gasteiger partial charge on any atom is -0.493 e. The summed E-state index contributed by atoms with van der Waals surface area (Å²) in [7, 11) is 1.53. The van der Waals surface area contributed by atoms with Crippen LogP contribution < -0.4 is 14.9 Å². The highest BCUT2D eigenvalue weighted by molar-refractivity contribution is 14.1. The van der Waals surface area contributed by atoms with Crippen molar-refractivity contribution in [3.05, 3.63) is 91.2 Å². The lowest BCUT2D eigenvalue weighted by Crippen LogP contribution is -2.16. The number of furan rings is 1. The van der Waals surface area contributed by atoms with Crippen LogP contribution in [0.15, 0.2) is 70.2 Å². The van der Waals surface area contributed by atoms with Gasteiger partial charge in [0.05, 0.1) is 18.3 Å². The van der Waals surface area contributed by atoms with Gasteiger partial charge in [0, 0.05) is 14.0 Å². The van der Waals surface area contributed by atoms with Crippen LogP contribution >= 0.6 is 45.8 Å². The number of halogens is 3. The topological polar surface area (TPSA) is 73.1 Å². The van der Waals surface area contributed by atoms with Gasteiger partial charge in [-0.05, 0) is 82.2 Å². The molecular weight excluding hydrogens is 578 g/mol. The Morgan fingerprint density at radius 1 is 1.12 bits per heavy atom. The Bertz CT molecular complexity index is 1340. The van der Waals surface area contributed by atoms with Gasteiger partial charge >= 0.3 is 5.91 Å². The molecule has 1 N–H and O–H groups in total. The Labute approximate surface area is 213 Å². The minimum atomic E-state index is -0.492. The molecule has 168 valence electrons. The van der Waals surface area contributed by atoms with E-state index in [0.29, 0.717) is 39.3 Å². The lowest BCUT2D eigenvalue weighted by atomic mass is 10.2. The van der Waals surface area contributed by atoms with Crippen LogP contribution in [0.25, 0.3) is 11.0 Å². The molecule has 4 rings (SSSR count). The molecule has 0 radical (unpaired) electrons. The van der Waals surface area contributed by atoms with Gasteiger partial charge in [0.25, 0.3) is 0 Å². The molecule has 0 saturated heterocycles. The molecule has 0 spiro atoms. The fourth-order valence-electron chi connectivity index (χ4n) is 3.04. The molecule has 0 unspecified atom stereocenters. The SMILES string of the molecule is COc1cc(/C=N/NC(=O)c2cc3cc(Cl)ccc3o2)cc(Cl)c1OCc1ccc(I)cc1. The van der Waals surface area contributed by atoms with Crippen LogP contribution in [0.4, 0.5) is 0 Å². The zero-order chi connectivity index (χ0) is 23.4. The number of hydrazone groups is 1. The number of fused-ring (bicyclic) bond motifs is 1. The van der Waals surface area contributed by atoms with Crippen molar-refractivity contribution in [2.24, 2.45) is 5.10 Å². The van der Waals surface area contributed by atoms with E-state index in [9.17, 15) is 4.79 Å². The standard InChI is InChI=1S/C24H17Cl2IN2O4/c1-31-21-9-15(8-19(26)23(21)32-13-14-2-5-18(27)6-3-14)12-28-29-24(30)22-11-16-10-17(25)4-7-20(16)33-22/h2-12H,13H2,1H3,(H,29,30)/b28-12+. The summed E-state index contributed by atoms with van der Waals surface area (Å²) >= 11 is 14.6. The molecule has 1 heterocycles. The van der Waals surface area contributed by atoms with Gasteiger partial charge in [0.15, 0.2) is 17.3 Å². The Kier molecular flexibility index (Phi) is 7.42. The predicted octanol–water partition coefficient (Wildman–Crippen LogP) is 6.70. The van der Waals surface area contributed by atoms with E-state index in [4.69, 9.17) is 37.1 Å². The highest BCUT2D eigenvalue weighted by Crippen LogP contribution is 2.36. The summed E-state index contributed by atoms with van der Waals surface area (Å²) in [5.74, 6) is 0.517. The number of rotatable bonds is 7. The molecule has 1 aromatic heterocycles. The van der Waals surface area contributed by atoms with Crippen molar-refractivity contribution in [2.75, 3.05) is 7.11 Å². The van der Waals surface area contributed by atoms with Gasteiger partial charge in [0.2, 0.25) is 0 Å². The molecule has 0 aliphatic carbocycles. The molecule has 6 nitrogen and oxygen atoms in total. The molecule has 0 saturated carbocycles. The monoisotopic (exact) mass is 594 g/mol. The average molecular weight is 595 g/mol. The van der Waals surface area contributed by atoms with Crippen molar-refractivity contribution in [2.45, 2.75) is 6.61 Å². The van der Waals surface area contributed by atoms with E-state index in [1.165, 1.54) is 13.3 Å². The Balaban J connectivity index is 1.44. The number of carbonyl (C=O) groups is 1. The lowest BCUT2D eigenvalue weighted by Gasteiger charge is -2.13. The normalized spacial score (nSPS) is 11.2.